The van der Waals surface area contributed by atoms with Gasteiger partial charge < -0.3 is 15.8 Å². The van der Waals surface area contributed by atoms with Crippen LogP contribution in [0, 0.1) is 24.7 Å². The summed E-state index contributed by atoms with van der Waals surface area (Å²) < 4.78 is 6.99. The molecule has 27 heavy (non-hydrogen) atoms. The molecule has 0 unspecified atom stereocenters. The summed E-state index contributed by atoms with van der Waals surface area (Å²) in [7, 11) is 1.56. The molecular weight excluding hydrogens is 344 g/mol. The van der Waals surface area contributed by atoms with Crippen molar-refractivity contribution >= 4 is 11.6 Å². The number of anilines is 1. The molecule has 4 rings (SSSR count). The number of carbonyl (C=O) groups is 1. The number of carbonyl (C=O) groups excluding carboxylic acids is 1. The van der Waals surface area contributed by atoms with Gasteiger partial charge in [-0.25, -0.2) is 0 Å². The molecule has 2 aliphatic rings. The van der Waals surface area contributed by atoms with E-state index in [1.54, 1.807) is 24.2 Å². The molecular formula is C19H26N6O2. The summed E-state index contributed by atoms with van der Waals surface area (Å²) in [5.74, 6) is 1.96. The number of aromatic nitrogens is 4. The second-order valence-corrected chi connectivity index (χ2v) is 7.71. The maximum atomic E-state index is 12.6. The zero-order valence-corrected chi connectivity index (χ0v) is 15.8. The number of hydrogen-bond acceptors (Lipinski definition) is 6. The van der Waals surface area contributed by atoms with Gasteiger partial charge in [0, 0.05) is 11.8 Å². The third-order valence-corrected chi connectivity index (χ3v) is 5.43. The largest absolute Gasteiger partial charge is 0.480 e. The van der Waals surface area contributed by atoms with E-state index in [4.69, 9.17) is 10.5 Å². The predicted molar refractivity (Wildman–Crippen MR) is 100 cm³/mol. The predicted octanol–water partition coefficient (Wildman–Crippen LogP) is 1.74. The molecule has 1 amide bonds. The van der Waals surface area contributed by atoms with Crippen molar-refractivity contribution in [2.75, 3.05) is 12.4 Å². The molecule has 8 heteroatoms. The molecule has 2 aromatic heterocycles. The van der Waals surface area contributed by atoms with Crippen molar-refractivity contribution in [1.82, 2.24) is 20.0 Å². The smallest absolute Gasteiger partial charge is 0.241 e. The Hall–Kier alpha value is -2.48. The number of methoxy groups -OCH3 is 1. The van der Waals surface area contributed by atoms with Gasteiger partial charge >= 0.3 is 0 Å². The van der Waals surface area contributed by atoms with Gasteiger partial charge in [-0.15, -0.1) is 5.10 Å². The zero-order chi connectivity index (χ0) is 19.0. The Morgan fingerprint density at radius 2 is 2.04 bits per heavy atom. The highest BCUT2D eigenvalue weighted by atomic mass is 16.5. The monoisotopic (exact) mass is 370 g/mol. The van der Waals surface area contributed by atoms with E-state index in [0.717, 1.165) is 11.3 Å². The van der Waals surface area contributed by atoms with E-state index < -0.39 is 6.04 Å². The van der Waals surface area contributed by atoms with E-state index in [9.17, 15) is 4.79 Å². The third-order valence-electron chi connectivity index (χ3n) is 5.43. The molecule has 0 aliphatic heterocycles. The number of hydrogen-bond donors (Lipinski definition) is 2. The van der Waals surface area contributed by atoms with Crippen molar-refractivity contribution in [2.45, 2.75) is 45.2 Å². The Morgan fingerprint density at radius 1 is 1.33 bits per heavy atom. The number of nitrogens with two attached hydrogens (primary N) is 1. The van der Waals surface area contributed by atoms with Crippen molar-refractivity contribution in [1.29, 1.82) is 0 Å². The van der Waals surface area contributed by atoms with Gasteiger partial charge in [0.15, 0.2) is 0 Å². The molecule has 0 saturated heterocycles. The van der Waals surface area contributed by atoms with E-state index in [2.05, 4.69) is 20.6 Å². The molecule has 144 valence electrons. The Labute approximate surface area is 158 Å². The van der Waals surface area contributed by atoms with E-state index in [-0.39, 0.29) is 5.91 Å². The van der Waals surface area contributed by atoms with Crippen LogP contribution in [0.4, 0.5) is 5.69 Å². The van der Waals surface area contributed by atoms with Crippen LogP contribution in [0.25, 0.3) is 0 Å². The lowest BCUT2D eigenvalue weighted by atomic mass is 9.89. The van der Waals surface area contributed by atoms with Crippen molar-refractivity contribution < 1.29 is 9.53 Å². The molecule has 1 atom stereocenters. The van der Waals surface area contributed by atoms with E-state index >= 15 is 0 Å². The third kappa shape index (κ3) is 4.10. The molecule has 2 fully saturated rings. The van der Waals surface area contributed by atoms with Crippen LogP contribution >= 0.6 is 0 Å². The number of nitrogens with one attached hydrogen (secondary N) is 1. The number of aryl methyl sites for hydroxylation is 1. The van der Waals surface area contributed by atoms with E-state index in [1.807, 2.05) is 13.0 Å². The number of nitrogens with zero attached hydrogens (tertiary/aromatic N) is 4. The van der Waals surface area contributed by atoms with Crippen molar-refractivity contribution in [2.24, 2.45) is 23.5 Å². The first kappa shape index (κ1) is 17.9. The first-order chi connectivity index (χ1) is 13.0. The highest BCUT2D eigenvalue weighted by molar-refractivity contribution is 5.94. The van der Waals surface area contributed by atoms with Crippen LogP contribution in [0.1, 0.15) is 36.9 Å². The van der Waals surface area contributed by atoms with E-state index in [1.165, 1.54) is 25.7 Å². The lowest BCUT2D eigenvalue weighted by molar-refractivity contribution is -0.118. The fourth-order valence-corrected chi connectivity index (χ4v) is 3.84. The van der Waals surface area contributed by atoms with Crippen molar-refractivity contribution in [3.63, 3.8) is 0 Å². The summed E-state index contributed by atoms with van der Waals surface area (Å²) in [4.78, 5) is 12.6. The van der Waals surface area contributed by atoms with Crippen LogP contribution in [-0.4, -0.2) is 39.0 Å². The fourth-order valence-electron chi connectivity index (χ4n) is 3.84. The minimum atomic E-state index is -0.444. The highest BCUT2D eigenvalue weighted by Gasteiger charge is 2.46. The summed E-state index contributed by atoms with van der Waals surface area (Å²) in [5, 5.41) is 15.3. The van der Waals surface area contributed by atoms with Crippen LogP contribution in [0.2, 0.25) is 0 Å². The molecule has 0 aromatic carbocycles. The maximum Gasteiger partial charge on any atom is 0.241 e. The maximum absolute atomic E-state index is 12.6. The molecule has 2 aromatic rings. The summed E-state index contributed by atoms with van der Waals surface area (Å²) in [6, 6.07) is 1.47. The first-order valence-electron chi connectivity index (χ1n) is 9.51. The highest BCUT2D eigenvalue weighted by Crippen LogP contribution is 2.50. The van der Waals surface area contributed by atoms with Gasteiger partial charge in [0.2, 0.25) is 11.8 Å². The van der Waals surface area contributed by atoms with E-state index in [0.29, 0.717) is 35.9 Å². The summed E-state index contributed by atoms with van der Waals surface area (Å²) in [6.45, 7) is 2.36. The lowest BCUT2D eigenvalue weighted by Gasteiger charge is -2.22. The normalized spacial score (nSPS) is 17.8. The summed E-state index contributed by atoms with van der Waals surface area (Å²) >= 11 is 0. The average Bonchev–Trinajstić information content (AvgIpc) is 3.57. The Morgan fingerprint density at radius 3 is 2.67 bits per heavy atom. The molecule has 0 spiro atoms. The minimum absolute atomic E-state index is 0.114. The van der Waals surface area contributed by atoms with Gasteiger partial charge in [-0.2, -0.15) is 10.2 Å². The molecule has 0 bridgehead atoms. The van der Waals surface area contributed by atoms with Gasteiger partial charge in [-0.05, 0) is 56.4 Å². The first-order valence-corrected chi connectivity index (χ1v) is 9.51. The Balaban J connectivity index is 1.40. The van der Waals surface area contributed by atoms with Crippen LogP contribution in [0.15, 0.2) is 18.5 Å². The van der Waals surface area contributed by atoms with Gasteiger partial charge in [0.05, 0.1) is 37.3 Å². The molecule has 2 aliphatic carbocycles. The number of rotatable bonds is 8. The zero-order valence-electron chi connectivity index (χ0n) is 15.8. The van der Waals surface area contributed by atoms with Crippen LogP contribution in [-0.2, 0) is 11.3 Å². The number of ether oxygens (including phenoxy) is 1. The number of amides is 1. The van der Waals surface area contributed by atoms with Crippen LogP contribution in [0.5, 0.6) is 5.88 Å². The van der Waals surface area contributed by atoms with Gasteiger partial charge in [0.1, 0.15) is 0 Å². The van der Waals surface area contributed by atoms with Crippen LogP contribution < -0.4 is 15.8 Å². The summed E-state index contributed by atoms with van der Waals surface area (Å²) in [5.41, 5.74) is 8.65. The summed E-state index contributed by atoms with van der Waals surface area (Å²) in [6.07, 6.45) is 8.27. The fraction of sp³-hybridized carbons (Fsp3) is 0.579. The Kier molecular flexibility index (Phi) is 4.82. The van der Waals surface area contributed by atoms with Gasteiger partial charge in [-0.1, -0.05) is 0 Å². The van der Waals surface area contributed by atoms with Crippen molar-refractivity contribution in [3.8, 4) is 5.88 Å². The van der Waals surface area contributed by atoms with Gasteiger partial charge in [-0.3, -0.25) is 9.48 Å². The molecule has 8 nitrogen and oxygen atoms in total. The molecule has 3 N–H and O–H groups in total. The molecule has 0 radical (unpaired) electrons. The molecule has 2 heterocycles. The molecule has 2 saturated carbocycles. The average molecular weight is 370 g/mol. The standard InChI is InChI=1S/C19H26N6O2/c1-11-7-14(19(27-2)24-23-11)9-25-10-15(8-21-25)22-18(26)17(20)16(12-3-4-12)13-5-6-13/h7-8,10,12-13,16-17H,3-6,9,20H2,1-2H3,(H,22,26)/t17-/m0/s1. The SMILES string of the molecule is COc1nnc(C)cc1Cn1cc(NC(=O)[C@@H](N)C(C2CC2)C2CC2)cn1. The van der Waals surface area contributed by atoms with Crippen molar-refractivity contribution in [3.05, 3.63) is 29.7 Å². The van der Waals surface area contributed by atoms with Gasteiger partial charge in [0.25, 0.3) is 0 Å². The van der Waals surface area contributed by atoms with Crippen LogP contribution in [0.3, 0.4) is 0 Å². The quantitative estimate of drug-likeness (QED) is 0.733. The lowest BCUT2D eigenvalue weighted by Crippen LogP contribution is -2.43. The Bertz CT molecular complexity index is 815. The second-order valence-electron chi connectivity index (χ2n) is 7.71. The second kappa shape index (κ2) is 7.26. The minimum Gasteiger partial charge on any atom is -0.480 e. The topological polar surface area (TPSA) is 108 Å².